The lowest BCUT2D eigenvalue weighted by Gasteiger charge is -2.13. The Hall–Kier alpha value is -1.20. The van der Waals surface area contributed by atoms with E-state index in [1.807, 2.05) is 0 Å². The third-order valence-electron chi connectivity index (χ3n) is 2.74. The van der Waals surface area contributed by atoms with Crippen LogP contribution in [-0.2, 0) is 11.3 Å². The van der Waals surface area contributed by atoms with E-state index in [2.05, 4.69) is 43.0 Å². The monoisotopic (exact) mass is 281 g/mol. The fourth-order valence-corrected chi connectivity index (χ4v) is 1.65. The minimum atomic E-state index is 0.317. The predicted molar refractivity (Wildman–Crippen MR) is 80.1 cm³/mol. The summed E-state index contributed by atoms with van der Waals surface area (Å²) in [6.07, 6.45) is 2.80. The van der Waals surface area contributed by atoms with Gasteiger partial charge in [0.15, 0.2) is 5.75 Å². The fraction of sp³-hybridized carbons (Fsp3) is 0.733. The van der Waals surface area contributed by atoms with Gasteiger partial charge < -0.3 is 14.8 Å². The summed E-state index contributed by atoms with van der Waals surface area (Å²) in [5.41, 5.74) is 0.918. The summed E-state index contributed by atoms with van der Waals surface area (Å²) in [7, 11) is 0. The molecule has 0 aliphatic rings. The van der Waals surface area contributed by atoms with Crippen LogP contribution in [0.2, 0.25) is 0 Å². The lowest BCUT2D eigenvalue weighted by molar-refractivity contribution is 0.0999. The van der Waals surface area contributed by atoms with Gasteiger partial charge in [0.05, 0.1) is 18.5 Å². The maximum absolute atomic E-state index is 5.73. The Morgan fingerprint density at radius 1 is 1.20 bits per heavy atom. The van der Waals surface area contributed by atoms with E-state index in [4.69, 9.17) is 9.47 Å². The molecule has 0 radical (unpaired) electrons. The van der Waals surface area contributed by atoms with Crippen molar-refractivity contribution in [2.24, 2.45) is 0 Å². The molecular formula is C15H27N3O2. The lowest BCUT2D eigenvalue weighted by atomic mass is 10.2. The predicted octanol–water partition coefficient (Wildman–Crippen LogP) is 2.51. The van der Waals surface area contributed by atoms with E-state index in [9.17, 15) is 0 Å². The molecule has 5 heteroatoms. The number of hydrogen-bond acceptors (Lipinski definition) is 5. The van der Waals surface area contributed by atoms with Gasteiger partial charge in [-0.25, -0.2) is 9.97 Å². The molecule has 0 aromatic carbocycles. The molecule has 0 unspecified atom stereocenters. The first-order valence-electron chi connectivity index (χ1n) is 7.46. The molecule has 1 rings (SSSR count). The van der Waals surface area contributed by atoms with E-state index in [1.54, 1.807) is 6.20 Å². The molecule has 0 aliphatic carbocycles. The molecule has 0 saturated carbocycles. The van der Waals surface area contributed by atoms with Gasteiger partial charge in [0.1, 0.15) is 12.4 Å². The Kier molecular flexibility index (Phi) is 8.14. The summed E-state index contributed by atoms with van der Waals surface area (Å²) < 4.78 is 11.1. The van der Waals surface area contributed by atoms with Gasteiger partial charge in [-0.1, -0.05) is 27.7 Å². The molecule has 0 amide bonds. The molecule has 0 aliphatic heterocycles. The molecule has 1 aromatic heterocycles. The van der Waals surface area contributed by atoms with Crippen molar-refractivity contribution >= 4 is 0 Å². The molecule has 0 atom stereocenters. The number of hydrogen-bond donors (Lipinski definition) is 1. The summed E-state index contributed by atoms with van der Waals surface area (Å²) in [5.74, 6) is 1.92. The first-order valence-corrected chi connectivity index (χ1v) is 7.46. The molecule has 0 bridgehead atoms. The van der Waals surface area contributed by atoms with Gasteiger partial charge in [-0.15, -0.1) is 0 Å². The van der Waals surface area contributed by atoms with E-state index in [-0.39, 0.29) is 0 Å². The number of nitrogens with one attached hydrogen (secondary N) is 1. The normalized spacial score (nSPS) is 11.1. The first kappa shape index (κ1) is 16.9. The van der Waals surface area contributed by atoms with Crippen LogP contribution >= 0.6 is 0 Å². The highest BCUT2D eigenvalue weighted by molar-refractivity contribution is 5.25. The highest BCUT2D eigenvalue weighted by Gasteiger charge is 2.10. The van der Waals surface area contributed by atoms with Crippen molar-refractivity contribution in [3.63, 3.8) is 0 Å². The number of ether oxygens (including phenoxy) is 2. The molecule has 0 fully saturated rings. The maximum atomic E-state index is 5.73. The van der Waals surface area contributed by atoms with Crippen molar-refractivity contribution in [1.82, 2.24) is 15.3 Å². The van der Waals surface area contributed by atoms with Crippen molar-refractivity contribution in [2.75, 3.05) is 26.4 Å². The zero-order chi connectivity index (χ0) is 14.8. The summed E-state index contributed by atoms with van der Waals surface area (Å²) >= 11 is 0. The number of aromatic nitrogens is 2. The second-order valence-corrected chi connectivity index (χ2v) is 4.94. The van der Waals surface area contributed by atoms with Gasteiger partial charge in [0.2, 0.25) is 0 Å². The molecule has 1 aromatic rings. The molecule has 0 spiro atoms. The Labute approximate surface area is 122 Å². The van der Waals surface area contributed by atoms with Crippen LogP contribution in [0.5, 0.6) is 5.75 Å². The highest BCUT2D eigenvalue weighted by Crippen LogP contribution is 2.18. The topological polar surface area (TPSA) is 56.3 Å². The Morgan fingerprint density at radius 2 is 2.00 bits per heavy atom. The van der Waals surface area contributed by atoms with E-state index in [0.29, 0.717) is 25.7 Å². The number of rotatable bonds is 10. The molecule has 114 valence electrons. The summed E-state index contributed by atoms with van der Waals surface area (Å²) in [6.45, 7) is 11.8. The maximum Gasteiger partial charge on any atom is 0.160 e. The van der Waals surface area contributed by atoms with Gasteiger partial charge in [0, 0.05) is 19.1 Å². The van der Waals surface area contributed by atoms with Gasteiger partial charge in [0.25, 0.3) is 0 Å². The molecule has 0 saturated heterocycles. The summed E-state index contributed by atoms with van der Waals surface area (Å²) in [6, 6.07) is 0. The van der Waals surface area contributed by atoms with E-state index >= 15 is 0 Å². The third kappa shape index (κ3) is 5.84. The van der Waals surface area contributed by atoms with Crippen molar-refractivity contribution < 1.29 is 9.47 Å². The SMILES string of the molecule is CCCOCCOc1cnc(C(C)C)nc1CNCC. The van der Waals surface area contributed by atoms with Crippen molar-refractivity contribution in [3.8, 4) is 5.75 Å². The van der Waals surface area contributed by atoms with Crippen LogP contribution in [0, 0.1) is 0 Å². The highest BCUT2D eigenvalue weighted by atomic mass is 16.5. The molecular weight excluding hydrogens is 254 g/mol. The Balaban J connectivity index is 2.62. The molecule has 1 heterocycles. The summed E-state index contributed by atoms with van der Waals surface area (Å²) in [5, 5.41) is 3.28. The van der Waals surface area contributed by atoms with Crippen molar-refractivity contribution in [2.45, 2.75) is 46.6 Å². The second kappa shape index (κ2) is 9.66. The second-order valence-electron chi connectivity index (χ2n) is 4.94. The largest absolute Gasteiger partial charge is 0.488 e. The zero-order valence-corrected chi connectivity index (χ0v) is 13.1. The zero-order valence-electron chi connectivity index (χ0n) is 13.1. The fourth-order valence-electron chi connectivity index (χ4n) is 1.65. The van der Waals surface area contributed by atoms with Crippen LogP contribution in [0.4, 0.5) is 0 Å². The lowest BCUT2D eigenvalue weighted by Crippen LogP contribution is -2.17. The average Bonchev–Trinajstić information content (AvgIpc) is 2.45. The van der Waals surface area contributed by atoms with Crippen LogP contribution in [0.15, 0.2) is 6.20 Å². The first-order chi connectivity index (χ1) is 9.69. The van der Waals surface area contributed by atoms with Crippen molar-refractivity contribution in [1.29, 1.82) is 0 Å². The van der Waals surface area contributed by atoms with Gasteiger partial charge >= 0.3 is 0 Å². The Morgan fingerprint density at radius 3 is 2.65 bits per heavy atom. The summed E-state index contributed by atoms with van der Waals surface area (Å²) in [4.78, 5) is 8.94. The van der Waals surface area contributed by atoms with Crippen molar-refractivity contribution in [3.05, 3.63) is 17.7 Å². The average molecular weight is 281 g/mol. The van der Waals surface area contributed by atoms with Crippen LogP contribution in [0.3, 0.4) is 0 Å². The van der Waals surface area contributed by atoms with Crippen LogP contribution in [0.25, 0.3) is 0 Å². The van der Waals surface area contributed by atoms with E-state index < -0.39 is 0 Å². The third-order valence-corrected chi connectivity index (χ3v) is 2.74. The standard InChI is InChI=1S/C15H27N3O2/c1-5-7-19-8-9-20-14-11-17-15(12(3)4)18-13(14)10-16-6-2/h11-12,16H,5-10H2,1-4H3. The molecule has 5 nitrogen and oxygen atoms in total. The minimum absolute atomic E-state index is 0.317. The molecule has 20 heavy (non-hydrogen) atoms. The van der Waals surface area contributed by atoms with Crippen LogP contribution in [0.1, 0.15) is 51.6 Å². The van der Waals surface area contributed by atoms with Gasteiger partial charge in [-0.05, 0) is 13.0 Å². The van der Waals surface area contributed by atoms with Gasteiger partial charge in [-0.2, -0.15) is 0 Å². The van der Waals surface area contributed by atoms with Crippen LogP contribution in [-0.4, -0.2) is 36.3 Å². The van der Waals surface area contributed by atoms with Crippen LogP contribution < -0.4 is 10.1 Å². The Bertz CT molecular complexity index is 383. The van der Waals surface area contributed by atoms with E-state index in [0.717, 1.165) is 36.8 Å². The van der Waals surface area contributed by atoms with Gasteiger partial charge in [-0.3, -0.25) is 0 Å². The smallest absolute Gasteiger partial charge is 0.160 e. The minimum Gasteiger partial charge on any atom is -0.488 e. The number of nitrogens with zero attached hydrogens (tertiary/aromatic N) is 2. The quantitative estimate of drug-likeness (QED) is 0.668. The van der Waals surface area contributed by atoms with E-state index in [1.165, 1.54) is 0 Å². The molecule has 1 N–H and O–H groups in total.